The van der Waals surface area contributed by atoms with Crippen molar-refractivity contribution in [3.05, 3.63) is 93.0 Å². The number of hydrogen-bond acceptors (Lipinski definition) is 16. The zero-order chi connectivity index (χ0) is 70.3. The van der Waals surface area contributed by atoms with E-state index in [1.807, 2.05) is 27.7 Å². The lowest BCUT2D eigenvalue weighted by Gasteiger charge is -2.32. The fourth-order valence-electron chi connectivity index (χ4n) is 9.47. The summed E-state index contributed by atoms with van der Waals surface area (Å²) in [6, 6.07) is 12.7. The Kier molecular flexibility index (Phi) is 25.5. The second kappa shape index (κ2) is 29.7. The van der Waals surface area contributed by atoms with E-state index in [-0.39, 0.29) is 71.7 Å². The third-order valence-electron chi connectivity index (χ3n) is 14.7. The lowest BCUT2D eigenvalue weighted by Crippen LogP contribution is -2.32. The number of ether oxygens (including phenoxy) is 8. The van der Waals surface area contributed by atoms with E-state index in [9.17, 15) is 38.4 Å². The number of esters is 8. The summed E-state index contributed by atoms with van der Waals surface area (Å²) in [5.41, 5.74) is 2.49. The van der Waals surface area contributed by atoms with Crippen LogP contribution in [0.5, 0.6) is 46.0 Å². The van der Waals surface area contributed by atoms with Crippen molar-refractivity contribution in [2.24, 2.45) is 0 Å². The van der Waals surface area contributed by atoms with E-state index < -0.39 is 106 Å². The molecule has 0 fully saturated rings. The first kappa shape index (κ1) is 79.2. The largest absolute Gasteiger partial charge is 0.425 e. The van der Waals surface area contributed by atoms with Crippen LogP contribution in [0.2, 0.25) is 0 Å². The molecule has 92 heavy (non-hydrogen) atoms. The van der Waals surface area contributed by atoms with Crippen LogP contribution in [-0.4, -0.2) is 82.3 Å². The minimum Gasteiger partial charge on any atom is -0.425 e. The lowest BCUT2D eigenvalue weighted by atomic mass is 9.77. The summed E-state index contributed by atoms with van der Waals surface area (Å²) >= 11 is 27.9. The first-order valence-corrected chi connectivity index (χ1v) is 36.1. The predicted molar refractivity (Wildman–Crippen MR) is 383 cm³/mol. The van der Waals surface area contributed by atoms with E-state index in [0.717, 1.165) is 0 Å². The summed E-state index contributed by atoms with van der Waals surface area (Å²) in [5.74, 6) is -10.3. The van der Waals surface area contributed by atoms with Gasteiger partial charge in [-0.2, -0.15) is 0 Å². The normalized spacial score (nSPS) is 16.6. The van der Waals surface area contributed by atoms with Crippen LogP contribution >= 0.6 is 127 Å². The van der Waals surface area contributed by atoms with Crippen molar-refractivity contribution in [3.63, 3.8) is 0 Å². The van der Waals surface area contributed by atoms with Gasteiger partial charge in [0.25, 0.3) is 0 Å². The Hall–Kier alpha value is -3.52. The molecule has 1 aliphatic carbocycles. The van der Waals surface area contributed by atoms with Gasteiger partial charge in [-0.1, -0.05) is 155 Å². The van der Waals surface area contributed by atoms with Crippen molar-refractivity contribution in [2.75, 3.05) is 0 Å². The number of alkyl halides is 8. The Bertz CT molecular complexity index is 2870. The molecule has 0 unspecified atom stereocenters. The molecule has 0 aromatic heterocycles. The number of carbonyl (C=O) groups is 8. The van der Waals surface area contributed by atoms with Crippen LogP contribution in [0.3, 0.4) is 0 Å². The van der Waals surface area contributed by atoms with Crippen molar-refractivity contribution in [1.82, 2.24) is 0 Å². The molecule has 8 bridgehead atoms. The Morgan fingerprint density at radius 1 is 0.239 bits per heavy atom. The highest BCUT2D eigenvalue weighted by molar-refractivity contribution is 9.11. The predicted octanol–water partition coefficient (Wildman–Crippen LogP) is 18.8. The molecule has 0 saturated heterocycles. The minimum absolute atomic E-state index is 0.0698. The number of hydrogen-bond donors (Lipinski definition) is 0. The first-order chi connectivity index (χ1) is 41.8. The van der Waals surface area contributed by atoms with E-state index in [2.05, 4.69) is 127 Å². The molecule has 0 N–H and O–H groups in total. The van der Waals surface area contributed by atoms with Crippen LogP contribution in [0.25, 0.3) is 0 Å². The number of benzene rings is 4. The molecule has 504 valence electrons. The maximum absolute atomic E-state index is 14.4. The molecule has 16 nitrogen and oxygen atoms in total. The van der Waals surface area contributed by atoms with Crippen molar-refractivity contribution in [1.29, 1.82) is 0 Å². The summed E-state index contributed by atoms with van der Waals surface area (Å²) in [7, 11) is 0. The van der Waals surface area contributed by atoms with Gasteiger partial charge in [0.05, 0.1) is 0 Å². The maximum Gasteiger partial charge on any atom is 0.327 e. The van der Waals surface area contributed by atoms with Gasteiger partial charge in [-0.25, -0.2) is 0 Å². The molecule has 5 rings (SSSR count). The molecule has 0 radical (unpaired) electrons. The molecule has 4 aromatic rings. The minimum atomic E-state index is -1.29. The molecule has 0 atom stereocenters. The van der Waals surface area contributed by atoms with Crippen molar-refractivity contribution >= 4 is 175 Å². The second-order valence-electron chi connectivity index (χ2n) is 26.5. The highest BCUT2D eigenvalue weighted by Crippen LogP contribution is 2.54. The van der Waals surface area contributed by atoms with E-state index >= 15 is 0 Å². The third-order valence-corrected chi connectivity index (χ3v) is 17.3. The molecule has 0 heterocycles. The van der Waals surface area contributed by atoms with Crippen molar-refractivity contribution < 1.29 is 76.3 Å². The molecular weight excluding hydrogens is 1710 g/mol. The number of rotatable bonds is 20. The first-order valence-electron chi connectivity index (χ1n) is 29.8. The number of carbonyl (C=O) groups excluding carboxylic acids is 8. The van der Waals surface area contributed by atoms with E-state index in [4.69, 9.17) is 37.9 Å². The molecule has 4 aromatic carbocycles. The molecular formula is C68H80Br8O16. The fraction of sp³-hybridized carbons (Fsp3) is 0.529. The zero-order valence-electron chi connectivity index (χ0n) is 55.3. The quantitative estimate of drug-likeness (QED) is 0.0457. The van der Waals surface area contributed by atoms with Gasteiger partial charge < -0.3 is 37.9 Å². The molecule has 0 amide bonds. The van der Waals surface area contributed by atoms with Gasteiger partial charge >= 0.3 is 47.8 Å². The Labute approximate surface area is 607 Å². The smallest absolute Gasteiger partial charge is 0.327 e. The van der Waals surface area contributed by atoms with E-state index in [1.54, 1.807) is 135 Å². The third kappa shape index (κ3) is 19.4. The molecule has 0 saturated carbocycles. The van der Waals surface area contributed by atoms with Crippen LogP contribution in [0.15, 0.2) is 48.5 Å². The highest BCUT2D eigenvalue weighted by Gasteiger charge is 2.42. The summed E-state index contributed by atoms with van der Waals surface area (Å²) in [6.45, 7) is 33.1. The summed E-state index contributed by atoms with van der Waals surface area (Å²) in [4.78, 5) is 116. The van der Waals surface area contributed by atoms with Gasteiger partial charge in [-0.05, 0) is 161 Å². The number of halogens is 8. The van der Waals surface area contributed by atoms with Crippen molar-refractivity contribution in [2.45, 2.75) is 222 Å². The summed E-state index contributed by atoms with van der Waals surface area (Å²) < 4.78 is 41.3. The van der Waals surface area contributed by atoms with Crippen LogP contribution in [0, 0.1) is 0 Å². The van der Waals surface area contributed by atoms with Gasteiger partial charge in [-0.15, -0.1) is 0 Å². The SMILES string of the molecule is CCC1c2cc(c(OC(=O)C(C)(C)Br)cc2OC(=O)C(C)(C)Br)C(CC)c2cc(c(OC(=O)C(C)(C)Br)cc2OC(=O)C(C)(C)Br)C(CC)c2cc(c(OC(=O)C(C)(C)Br)cc2OC(=O)C(C)(C)Br)C(CC)c2cc1c(OC(=O)C(C)(C)Br)cc2OC(=O)C(C)(C)Br. The molecule has 1 aliphatic rings. The van der Waals surface area contributed by atoms with Crippen LogP contribution in [0.4, 0.5) is 0 Å². The standard InChI is InChI=1S/C68H80Br8O16/c1-21-33-37-25-39(47(87-55(79)63(9,10)71)29-45(37)85-53(77)61(5,6)69)34(22-2)41-27-43(51(91-59(83)67(17,18)75)31-49(41)89-57(81)65(13,14)73)36(24-4)44-28-42(50(90-58(82)66(15,16)74)32-52(44)92-60(84)68(19,20)76)35(23-3)40-26-38(33)46(86-54(78)62(7,8)70)30-48(40)88-56(80)64(11,12)72/h25-36H,21-24H2,1-20H3. The molecule has 0 aliphatic heterocycles. The molecule has 0 spiro atoms. The monoisotopic (exact) mass is 1780 g/mol. The summed E-state index contributed by atoms with van der Waals surface area (Å²) in [5, 5.41) is 0. The average Bonchev–Trinajstić information content (AvgIpc) is 0.751. The fourth-order valence-corrected chi connectivity index (χ4v) is 10.1. The van der Waals surface area contributed by atoms with Gasteiger partial charge in [0.2, 0.25) is 0 Å². The van der Waals surface area contributed by atoms with Gasteiger partial charge in [0.15, 0.2) is 0 Å². The van der Waals surface area contributed by atoms with Gasteiger partial charge in [0.1, 0.15) is 80.6 Å². The Morgan fingerprint density at radius 3 is 0.413 bits per heavy atom. The Morgan fingerprint density at radius 2 is 0.337 bits per heavy atom. The van der Waals surface area contributed by atoms with Gasteiger partial charge in [-0.3, -0.25) is 38.4 Å². The van der Waals surface area contributed by atoms with Crippen molar-refractivity contribution in [3.8, 4) is 46.0 Å². The maximum atomic E-state index is 14.4. The van der Waals surface area contributed by atoms with Crippen LogP contribution in [-0.2, 0) is 38.4 Å². The van der Waals surface area contributed by atoms with E-state index in [1.165, 1.54) is 24.3 Å². The topological polar surface area (TPSA) is 210 Å². The zero-order valence-corrected chi connectivity index (χ0v) is 68.0. The van der Waals surface area contributed by atoms with E-state index in [0.29, 0.717) is 44.5 Å². The Balaban J connectivity index is 2.34. The van der Waals surface area contributed by atoms with Gasteiger partial charge in [0, 0.05) is 92.4 Å². The number of fused-ring (bicyclic) bond motifs is 8. The average molecular weight is 1790 g/mol. The highest BCUT2D eigenvalue weighted by atomic mass is 79.9. The van der Waals surface area contributed by atoms with Crippen LogP contribution < -0.4 is 37.9 Å². The summed E-state index contributed by atoms with van der Waals surface area (Å²) in [6.07, 6.45) is 0.686. The second-order valence-corrected chi connectivity index (χ2v) is 42.3. The molecule has 24 heteroatoms. The lowest BCUT2D eigenvalue weighted by molar-refractivity contribution is -0.137. The van der Waals surface area contributed by atoms with Crippen LogP contribution in [0.1, 0.15) is 232 Å².